The van der Waals surface area contributed by atoms with Crippen LogP contribution in [0.5, 0.6) is 0 Å². The first kappa shape index (κ1) is 21.0. The van der Waals surface area contributed by atoms with Gasteiger partial charge in [-0.15, -0.1) is 0 Å². The van der Waals surface area contributed by atoms with Gasteiger partial charge >= 0.3 is 6.18 Å². The summed E-state index contributed by atoms with van der Waals surface area (Å²) in [5.74, 6) is 0.548. The molecule has 1 fully saturated rings. The molecule has 1 aliphatic heterocycles. The molecule has 1 saturated heterocycles. The Morgan fingerprint density at radius 3 is 2.14 bits per heavy atom. The van der Waals surface area contributed by atoms with Crippen molar-refractivity contribution >= 4 is 17.7 Å². The maximum Gasteiger partial charge on any atom is 0.417 e. The summed E-state index contributed by atoms with van der Waals surface area (Å²) in [6, 6.07) is 10.3. The van der Waals surface area contributed by atoms with Gasteiger partial charge in [-0.3, -0.25) is 5.21 Å². The number of para-hydroxylation sites is 1. The third kappa shape index (κ3) is 4.99. The number of hydrogen-bond acceptors (Lipinski definition) is 4. The molecule has 3 rings (SSSR count). The van der Waals surface area contributed by atoms with Gasteiger partial charge in [0.25, 0.3) is 0 Å². The Morgan fingerprint density at radius 1 is 0.966 bits per heavy atom. The lowest BCUT2D eigenvalue weighted by Gasteiger charge is -2.37. The van der Waals surface area contributed by atoms with Crippen molar-refractivity contribution in [1.82, 2.24) is 4.98 Å². The zero-order chi connectivity index (χ0) is 21.2. The van der Waals surface area contributed by atoms with Crippen molar-refractivity contribution in [2.75, 3.05) is 36.0 Å². The van der Waals surface area contributed by atoms with Crippen molar-refractivity contribution in [2.45, 2.75) is 32.5 Å². The molecule has 1 N–H and O–H groups in total. The van der Waals surface area contributed by atoms with E-state index in [1.807, 2.05) is 49.9 Å². The van der Waals surface area contributed by atoms with Crippen molar-refractivity contribution < 1.29 is 23.1 Å². The number of aromatic nitrogens is 1. The lowest BCUT2D eigenvalue weighted by atomic mass is 10.1. The molecule has 8 heteroatoms. The van der Waals surface area contributed by atoms with Crippen LogP contribution in [0.2, 0.25) is 0 Å². The smallest absolute Gasteiger partial charge is 0.367 e. The number of hydroxylamine groups is 1. The van der Waals surface area contributed by atoms with Crippen LogP contribution < -0.4 is 9.80 Å². The van der Waals surface area contributed by atoms with Gasteiger partial charge in [0, 0.05) is 53.1 Å². The minimum atomic E-state index is -4.38. The van der Waals surface area contributed by atoms with E-state index in [0.717, 1.165) is 23.5 Å². The summed E-state index contributed by atoms with van der Waals surface area (Å²) < 4.78 is 39.4. The van der Waals surface area contributed by atoms with Crippen LogP contribution in [-0.4, -0.2) is 52.9 Å². The lowest BCUT2D eigenvalue weighted by molar-refractivity contribution is -0.816. The standard InChI is InChI=1S/C21H26F3N4O/c1-20(2,3)28(29)15-16-6-4-5-7-18(16)26-10-12-27(13-11-26)19-9-8-17(14-25-19)21(22,23)24/h4-9,14-15,29H,10-13H2,1-3H3/q+1. The van der Waals surface area contributed by atoms with Gasteiger partial charge in [0.1, 0.15) is 5.82 Å². The van der Waals surface area contributed by atoms with Crippen LogP contribution >= 0.6 is 0 Å². The predicted octanol–water partition coefficient (Wildman–Crippen LogP) is 4.05. The molecule has 2 aromatic rings. The quantitative estimate of drug-likeness (QED) is 0.361. The van der Waals surface area contributed by atoms with Crippen molar-refractivity contribution in [1.29, 1.82) is 0 Å². The van der Waals surface area contributed by atoms with Gasteiger partial charge in [-0.1, -0.05) is 12.1 Å². The van der Waals surface area contributed by atoms with Crippen LogP contribution in [0, 0.1) is 0 Å². The molecule has 0 aliphatic carbocycles. The minimum absolute atomic E-state index is 0.417. The zero-order valence-electron chi connectivity index (χ0n) is 16.8. The third-order valence-corrected chi connectivity index (χ3v) is 4.90. The number of rotatable bonds is 3. The lowest BCUT2D eigenvalue weighted by Crippen LogP contribution is -2.47. The molecule has 5 nitrogen and oxygen atoms in total. The molecule has 29 heavy (non-hydrogen) atoms. The fourth-order valence-corrected chi connectivity index (χ4v) is 3.13. The van der Waals surface area contributed by atoms with E-state index < -0.39 is 17.3 Å². The predicted molar refractivity (Wildman–Crippen MR) is 107 cm³/mol. The van der Waals surface area contributed by atoms with Crippen molar-refractivity contribution in [3.63, 3.8) is 0 Å². The molecule has 156 valence electrons. The van der Waals surface area contributed by atoms with Gasteiger partial charge in [0.2, 0.25) is 11.8 Å². The molecule has 0 bridgehead atoms. The van der Waals surface area contributed by atoms with E-state index >= 15 is 0 Å². The van der Waals surface area contributed by atoms with Crippen LogP contribution in [0.25, 0.3) is 0 Å². The third-order valence-electron chi connectivity index (χ3n) is 4.90. The second-order valence-corrected chi connectivity index (χ2v) is 8.08. The van der Waals surface area contributed by atoms with Crippen LogP contribution in [0.4, 0.5) is 24.7 Å². The van der Waals surface area contributed by atoms with Crippen LogP contribution in [0.15, 0.2) is 42.6 Å². The summed E-state index contributed by atoms with van der Waals surface area (Å²) in [5.41, 5.74) is 0.763. The molecular formula is C21H26F3N4O+. The first-order valence-corrected chi connectivity index (χ1v) is 9.51. The largest absolute Gasteiger partial charge is 0.417 e. The number of anilines is 2. The summed E-state index contributed by atoms with van der Waals surface area (Å²) in [4.78, 5) is 8.19. The summed E-state index contributed by atoms with van der Waals surface area (Å²) in [7, 11) is 0. The molecule has 0 atom stereocenters. The van der Waals surface area contributed by atoms with E-state index in [0.29, 0.717) is 32.0 Å². The summed E-state index contributed by atoms with van der Waals surface area (Å²) in [6.07, 6.45) is -1.77. The van der Waals surface area contributed by atoms with E-state index in [4.69, 9.17) is 0 Å². The van der Waals surface area contributed by atoms with E-state index in [1.165, 1.54) is 10.8 Å². The first-order chi connectivity index (χ1) is 13.6. The van der Waals surface area contributed by atoms with E-state index in [-0.39, 0.29) is 0 Å². The van der Waals surface area contributed by atoms with Crippen molar-refractivity contribution in [3.8, 4) is 0 Å². The molecule has 1 aliphatic rings. The summed E-state index contributed by atoms with van der Waals surface area (Å²) in [5, 5.41) is 10.3. The van der Waals surface area contributed by atoms with Gasteiger partial charge in [-0.25, -0.2) is 4.98 Å². The molecule has 0 radical (unpaired) electrons. The number of halogens is 3. The number of nitrogens with zero attached hydrogens (tertiary/aromatic N) is 4. The summed E-state index contributed by atoms with van der Waals surface area (Å²) in [6.45, 7) is 8.46. The van der Waals surface area contributed by atoms with Gasteiger partial charge in [-0.2, -0.15) is 13.2 Å². The number of piperazine rings is 1. The van der Waals surface area contributed by atoms with Crippen LogP contribution in [0.1, 0.15) is 31.9 Å². The maximum absolute atomic E-state index is 12.7. The molecule has 0 unspecified atom stereocenters. The highest BCUT2D eigenvalue weighted by atomic mass is 19.4. The fourth-order valence-electron chi connectivity index (χ4n) is 3.13. The van der Waals surface area contributed by atoms with Crippen LogP contribution in [-0.2, 0) is 6.18 Å². The SMILES string of the molecule is CC(C)(C)[N+](O)=Cc1ccccc1N1CCN(c2ccc(C(F)(F)F)cn2)CC1. The Labute approximate surface area is 168 Å². The highest BCUT2D eigenvalue weighted by Crippen LogP contribution is 2.30. The average Bonchev–Trinajstić information content (AvgIpc) is 2.67. The number of hydrogen-bond donors (Lipinski definition) is 1. The molecule has 2 heterocycles. The number of pyridine rings is 1. The van der Waals surface area contributed by atoms with Gasteiger partial charge in [0.15, 0.2) is 0 Å². The Morgan fingerprint density at radius 2 is 1.59 bits per heavy atom. The molecular weight excluding hydrogens is 381 g/mol. The average molecular weight is 407 g/mol. The normalized spacial score (nSPS) is 16.3. The van der Waals surface area contributed by atoms with Gasteiger partial charge < -0.3 is 9.80 Å². The summed E-state index contributed by atoms with van der Waals surface area (Å²) >= 11 is 0. The second-order valence-electron chi connectivity index (χ2n) is 8.08. The zero-order valence-corrected chi connectivity index (χ0v) is 16.8. The molecule has 0 saturated carbocycles. The van der Waals surface area contributed by atoms with Gasteiger partial charge in [-0.05, 0) is 29.0 Å². The molecule has 0 amide bonds. The van der Waals surface area contributed by atoms with E-state index in [2.05, 4.69) is 9.88 Å². The Balaban J connectivity index is 1.72. The fraction of sp³-hybridized carbons (Fsp3) is 0.429. The van der Waals surface area contributed by atoms with Crippen LogP contribution in [0.3, 0.4) is 0 Å². The first-order valence-electron chi connectivity index (χ1n) is 9.51. The Kier molecular flexibility index (Phi) is 5.73. The highest BCUT2D eigenvalue weighted by molar-refractivity contribution is 5.85. The number of benzene rings is 1. The van der Waals surface area contributed by atoms with Crippen molar-refractivity contribution in [2.24, 2.45) is 0 Å². The molecule has 0 spiro atoms. The highest BCUT2D eigenvalue weighted by Gasteiger charge is 2.31. The Hall–Kier alpha value is -2.77. The topological polar surface area (TPSA) is 42.6 Å². The number of alkyl halides is 3. The second kappa shape index (κ2) is 7.93. The van der Waals surface area contributed by atoms with Gasteiger partial charge in [0.05, 0.1) is 16.8 Å². The Bertz CT molecular complexity index is 865. The molecule has 1 aromatic carbocycles. The monoisotopic (exact) mass is 407 g/mol. The van der Waals surface area contributed by atoms with E-state index in [1.54, 1.807) is 6.21 Å². The maximum atomic E-state index is 12.7. The minimum Gasteiger partial charge on any atom is -0.367 e. The molecule has 1 aromatic heterocycles. The van der Waals surface area contributed by atoms with E-state index in [9.17, 15) is 18.4 Å². The van der Waals surface area contributed by atoms with Crippen molar-refractivity contribution in [3.05, 3.63) is 53.7 Å².